The fourth-order valence-electron chi connectivity index (χ4n) is 7.38. The fraction of sp³-hybridized carbons (Fsp3) is 0.0638. The van der Waals surface area contributed by atoms with Crippen LogP contribution in [0.5, 0.6) is 0 Å². The number of thiophene rings is 1. The van der Waals surface area contributed by atoms with Gasteiger partial charge in [-0.25, -0.2) is 0 Å². The first-order chi connectivity index (χ1) is 24.0. The molecule has 0 aliphatic carbocycles. The maximum atomic E-state index is 2.40. The molecule has 0 unspecified atom stereocenters. The Morgan fingerprint density at radius 1 is 0.429 bits per heavy atom. The molecule has 0 aliphatic rings. The predicted octanol–water partition coefficient (Wildman–Crippen LogP) is 13.8. The van der Waals surface area contributed by atoms with Gasteiger partial charge in [-0.2, -0.15) is 0 Å². The summed E-state index contributed by atoms with van der Waals surface area (Å²) in [5.74, 6) is 0. The molecular weight excluding hydrogens is 611 g/mol. The van der Waals surface area contributed by atoms with E-state index < -0.39 is 0 Å². The average molecular weight is 646 g/mol. The van der Waals surface area contributed by atoms with E-state index in [1.54, 1.807) is 0 Å². The van der Waals surface area contributed by atoms with Gasteiger partial charge < -0.3 is 4.90 Å². The molecule has 0 amide bonds. The molecule has 1 heterocycles. The third kappa shape index (κ3) is 5.08. The summed E-state index contributed by atoms with van der Waals surface area (Å²) in [7, 11) is 0. The standard InChI is InChI=1S/C47H35NS/c1-47(2,36-14-7-4-8-15-36)37-22-26-39(27-23-37)48(38-24-19-33(20-25-38)32-11-5-3-6-12-32)40-28-30-44-43(31-40)42-29-21-35-18-17-34-13-9-10-16-41(34)45(35)46(42)49-44/h3-31H,1-2H3. The maximum absolute atomic E-state index is 2.40. The normalized spacial score (nSPS) is 11.9. The largest absolute Gasteiger partial charge is 0.310 e. The minimum absolute atomic E-state index is 0.108. The van der Waals surface area contributed by atoms with Crippen molar-refractivity contribution in [2.45, 2.75) is 19.3 Å². The Morgan fingerprint density at radius 3 is 1.76 bits per heavy atom. The highest BCUT2D eigenvalue weighted by Gasteiger charge is 2.24. The molecule has 0 fully saturated rings. The second kappa shape index (κ2) is 11.8. The SMILES string of the molecule is CC(C)(c1ccccc1)c1ccc(N(c2ccc(-c3ccccc3)cc2)c2ccc3sc4c(ccc5ccc6ccccc6c54)c3c2)cc1. The summed E-state index contributed by atoms with van der Waals surface area (Å²) in [6, 6.07) is 64.3. The molecular formula is C47H35NS. The van der Waals surface area contributed by atoms with Crippen LogP contribution in [0.1, 0.15) is 25.0 Å². The van der Waals surface area contributed by atoms with Crippen LogP contribution < -0.4 is 4.90 Å². The minimum Gasteiger partial charge on any atom is -0.310 e. The minimum atomic E-state index is -0.108. The summed E-state index contributed by atoms with van der Waals surface area (Å²) in [6.07, 6.45) is 0. The van der Waals surface area contributed by atoms with Gasteiger partial charge in [0.1, 0.15) is 0 Å². The summed E-state index contributed by atoms with van der Waals surface area (Å²) in [4.78, 5) is 2.40. The van der Waals surface area contributed by atoms with E-state index in [0.29, 0.717) is 0 Å². The second-order valence-electron chi connectivity index (χ2n) is 13.4. The lowest BCUT2D eigenvalue weighted by Gasteiger charge is -2.29. The molecule has 8 aromatic carbocycles. The van der Waals surface area contributed by atoms with Crippen LogP contribution in [0, 0.1) is 0 Å². The number of rotatable bonds is 6. The van der Waals surface area contributed by atoms with Crippen molar-refractivity contribution in [2.75, 3.05) is 4.90 Å². The monoisotopic (exact) mass is 645 g/mol. The highest BCUT2D eigenvalue weighted by molar-refractivity contribution is 7.26. The highest BCUT2D eigenvalue weighted by Crippen LogP contribution is 2.44. The molecule has 0 N–H and O–H groups in total. The molecule has 0 spiro atoms. The molecule has 9 aromatic rings. The Balaban J connectivity index is 1.20. The lowest BCUT2D eigenvalue weighted by atomic mass is 9.78. The molecule has 0 saturated heterocycles. The Labute approximate surface area is 291 Å². The Kier molecular flexibility index (Phi) is 7.07. The number of nitrogens with zero attached hydrogens (tertiary/aromatic N) is 1. The number of anilines is 3. The van der Waals surface area contributed by atoms with E-state index in [-0.39, 0.29) is 5.41 Å². The summed E-state index contributed by atoms with van der Waals surface area (Å²) in [5.41, 5.74) is 8.34. The summed E-state index contributed by atoms with van der Waals surface area (Å²) in [6.45, 7) is 4.61. The third-order valence-electron chi connectivity index (χ3n) is 10.2. The number of benzene rings is 8. The van der Waals surface area contributed by atoms with Crippen molar-refractivity contribution in [1.29, 1.82) is 0 Å². The van der Waals surface area contributed by atoms with Crippen LogP contribution in [0.15, 0.2) is 176 Å². The zero-order valence-corrected chi connectivity index (χ0v) is 28.4. The lowest BCUT2D eigenvalue weighted by molar-refractivity contribution is 0.641. The van der Waals surface area contributed by atoms with Gasteiger partial charge in [-0.05, 0) is 80.9 Å². The van der Waals surface area contributed by atoms with Crippen LogP contribution in [0.4, 0.5) is 17.1 Å². The van der Waals surface area contributed by atoms with Crippen LogP contribution in [-0.4, -0.2) is 0 Å². The highest BCUT2D eigenvalue weighted by atomic mass is 32.1. The summed E-state index contributed by atoms with van der Waals surface area (Å²) >= 11 is 1.90. The molecule has 9 rings (SSSR count). The van der Waals surface area contributed by atoms with Crippen LogP contribution in [0.2, 0.25) is 0 Å². The van der Waals surface area contributed by atoms with Gasteiger partial charge in [-0.15, -0.1) is 11.3 Å². The summed E-state index contributed by atoms with van der Waals surface area (Å²) in [5, 5.41) is 7.84. The first-order valence-electron chi connectivity index (χ1n) is 16.9. The predicted molar refractivity (Wildman–Crippen MR) is 213 cm³/mol. The molecule has 2 heteroatoms. The Hall–Kier alpha value is -5.70. The molecule has 0 aliphatic heterocycles. The first kappa shape index (κ1) is 29.4. The van der Waals surface area contributed by atoms with Gasteiger partial charge in [0.15, 0.2) is 0 Å². The van der Waals surface area contributed by atoms with E-state index in [4.69, 9.17) is 0 Å². The van der Waals surface area contributed by atoms with Crippen LogP contribution in [-0.2, 0) is 5.41 Å². The third-order valence-corrected chi connectivity index (χ3v) is 11.4. The average Bonchev–Trinajstić information content (AvgIpc) is 3.54. The van der Waals surface area contributed by atoms with E-state index in [1.165, 1.54) is 64.0 Å². The number of fused-ring (bicyclic) bond motifs is 7. The molecule has 0 saturated carbocycles. The van der Waals surface area contributed by atoms with Gasteiger partial charge in [0.25, 0.3) is 0 Å². The molecule has 0 bridgehead atoms. The molecule has 234 valence electrons. The number of hydrogen-bond donors (Lipinski definition) is 0. The Bertz CT molecular complexity index is 2600. The van der Waals surface area contributed by atoms with Gasteiger partial charge in [-0.3, -0.25) is 0 Å². The summed E-state index contributed by atoms with van der Waals surface area (Å²) < 4.78 is 2.66. The zero-order chi connectivity index (χ0) is 33.0. The van der Waals surface area contributed by atoms with E-state index in [2.05, 4.69) is 195 Å². The van der Waals surface area contributed by atoms with Crippen molar-refractivity contribution in [3.63, 3.8) is 0 Å². The van der Waals surface area contributed by atoms with Crippen LogP contribution >= 0.6 is 11.3 Å². The molecule has 49 heavy (non-hydrogen) atoms. The lowest BCUT2D eigenvalue weighted by Crippen LogP contribution is -2.19. The van der Waals surface area contributed by atoms with Crippen molar-refractivity contribution in [3.8, 4) is 11.1 Å². The van der Waals surface area contributed by atoms with E-state index in [9.17, 15) is 0 Å². The van der Waals surface area contributed by atoms with Crippen LogP contribution in [0.3, 0.4) is 0 Å². The smallest absolute Gasteiger partial charge is 0.0468 e. The topological polar surface area (TPSA) is 3.24 Å². The Morgan fingerprint density at radius 2 is 1.00 bits per heavy atom. The maximum Gasteiger partial charge on any atom is 0.0468 e. The first-order valence-corrected chi connectivity index (χ1v) is 17.7. The van der Waals surface area contributed by atoms with Crippen molar-refractivity contribution < 1.29 is 0 Å². The van der Waals surface area contributed by atoms with Crippen molar-refractivity contribution >= 4 is 70.1 Å². The van der Waals surface area contributed by atoms with Crippen molar-refractivity contribution in [3.05, 3.63) is 187 Å². The van der Waals surface area contributed by atoms with E-state index in [0.717, 1.165) is 17.1 Å². The van der Waals surface area contributed by atoms with Gasteiger partial charge in [-0.1, -0.05) is 147 Å². The number of hydrogen-bond acceptors (Lipinski definition) is 2. The van der Waals surface area contributed by atoms with Crippen LogP contribution in [0.25, 0.3) is 52.8 Å². The molecule has 0 radical (unpaired) electrons. The second-order valence-corrected chi connectivity index (χ2v) is 14.4. The van der Waals surface area contributed by atoms with E-state index >= 15 is 0 Å². The van der Waals surface area contributed by atoms with Gasteiger partial charge in [0.05, 0.1) is 0 Å². The van der Waals surface area contributed by atoms with Gasteiger partial charge in [0, 0.05) is 48.0 Å². The molecule has 1 aromatic heterocycles. The zero-order valence-electron chi connectivity index (χ0n) is 27.6. The van der Waals surface area contributed by atoms with Gasteiger partial charge >= 0.3 is 0 Å². The molecule has 1 nitrogen and oxygen atoms in total. The van der Waals surface area contributed by atoms with Crippen molar-refractivity contribution in [1.82, 2.24) is 0 Å². The van der Waals surface area contributed by atoms with Gasteiger partial charge in [0.2, 0.25) is 0 Å². The van der Waals surface area contributed by atoms with Crippen molar-refractivity contribution in [2.24, 2.45) is 0 Å². The fourth-order valence-corrected chi connectivity index (χ4v) is 8.63. The van der Waals surface area contributed by atoms with E-state index in [1.807, 2.05) is 11.3 Å². The molecule has 0 atom stereocenters. The quantitative estimate of drug-likeness (QED) is 0.163.